The van der Waals surface area contributed by atoms with Crippen molar-refractivity contribution < 1.29 is 17.5 Å². The molecule has 0 aliphatic carbocycles. The van der Waals surface area contributed by atoms with Gasteiger partial charge in [0, 0.05) is 11.8 Å². The van der Waals surface area contributed by atoms with Gasteiger partial charge < -0.3 is 10.5 Å². The molecule has 0 atom stereocenters. The molecule has 0 spiro atoms. The number of nitrogens with two attached hydrogens (primary N) is 1. The average Bonchev–Trinajstić information content (AvgIpc) is 2.40. The van der Waals surface area contributed by atoms with Crippen LogP contribution in [0, 0.1) is 5.82 Å². The van der Waals surface area contributed by atoms with E-state index in [2.05, 4.69) is 4.72 Å². The van der Waals surface area contributed by atoms with Crippen LogP contribution in [0.25, 0.3) is 0 Å². The summed E-state index contributed by atoms with van der Waals surface area (Å²) < 4.78 is 44.8. The Morgan fingerprint density at radius 3 is 2.60 bits per heavy atom. The van der Waals surface area contributed by atoms with Crippen LogP contribution >= 0.6 is 0 Å². The predicted molar refractivity (Wildman–Crippen MR) is 74.6 cm³/mol. The van der Waals surface area contributed by atoms with Crippen molar-refractivity contribution in [1.82, 2.24) is 0 Å². The number of rotatable bonds is 4. The lowest BCUT2D eigenvalue weighted by molar-refractivity contribution is 0.417. The minimum Gasteiger partial charge on any atom is -0.494 e. The summed E-state index contributed by atoms with van der Waals surface area (Å²) >= 11 is 0. The molecule has 7 heteroatoms. The van der Waals surface area contributed by atoms with E-state index < -0.39 is 15.8 Å². The average molecular weight is 296 g/mol. The maximum Gasteiger partial charge on any atom is 0.262 e. The number of nitrogen functional groups attached to an aromatic ring is 1. The summed E-state index contributed by atoms with van der Waals surface area (Å²) in [6, 6.07) is 9.23. The van der Waals surface area contributed by atoms with Crippen LogP contribution in [0.1, 0.15) is 0 Å². The highest BCUT2D eigenvalue weighted by Gasteiger charge is 2.17. The third-order valence-electron chi connectivity index (χ3n) is 2.58. The number of benzene rings is 2. The van der Waals surface area contributed by atoms with E-state index in [0.717, 1.165) is 6.07 Å². The van der Waals surface area contributed by atoms with Crippen molar-refractivity contribution in [3.63, 3.8) is 0 Å². The zero-order valence-corrected chi connectivity index (χ0v) is 11.4. The van der Waals surface area contributed by atoms with E-state index in [1.807, 2.05) is 0 Å². The molecule has 0 aromatic heterocycles. The summed E-state index contributed by atoms with van der Waals surface area (Å²) in [5.74, 6) is -0.345. The van der Waals surface area contributed by atoms with E-state index in [1.165, 1.54) is 43.5 Å². The van der Waals surface area contributed by atoms with Crippen molar-refractivity contribution in [3.05, 3.63) is 48.3 Å². The highest BCUT2D eigenvalue weighted by molar-refractivity contribution is 7.92. The number of sulfonamides is 1. The van der Waals surface area contributed by atoms with Crippen molar-refractivity contribution in [2.75, 3.05) is 17.6 Å². The van der Waals surface area contributed by atoms with Crippen LogP contribution in [0.4, 0.5) is 15.8 Å². The van der Waals surface area contributed by atoms with Gasteiger partial charge in [-0.05, 0) is 30.3 Å². The van der Waals surface area contributed by atoms with Crippen molar-refractivity contribution >= 4 is 21.4 Å². The van der Waals surface area contributed by atoms with Gasteiger partial charge in [0.1, 0.15) is 11.6 Å². The Morgan fingerprint density at radius 2 is 1.95 bits per heavy atom. The second-order valence-corrected chi connectivity index (χ2v) is 5.70. The second-order valence-electron chi connectivity index (χ2n) is 4.02. The van der Waals surface area contributed by atoms with Gasteiger partial charge in [-0.25, -0.2) is 12.8 Å². The van der Waals surface area contributed by atoms with E-state index in [0.29, 0.717) is 5.69 Å². The quantitative estimate of drug-likeness (QED) is 0.848. The number of hydrogen-bond acceptors (Lipinski definition) is 4. The number of anilines is 2. The Hall–Kier alpha value is -2.28. The minimum atomic E-state index is -3.89. The number of methoxy groups -OCH3 is 1. The lowest BCUT2D eigenvalue weighted by atomic mass is 10.2. The summed E-state index contributed by atoms with van der Waals surface area (Å²) in [7, 11) is -2.49. The van der Waals surface area contributed by atoms with Gasteiger partial charge in [0.15, 0.2) is 0 Å². The highest BCUT2D eigenvalue weighted by Crippen LogP contribution is 2.28. The van der Waals surface area contributed by atoms with Crippen molar-refractivity contribution in [3.8, 4) is 5.75 Å². The zero-order valence-electron chi connectivity index (χ0n) is 10.6. The third-order valence-corrected chi connectivity index (χ3v) is 3.94. The first-order valence-corrected chi connectivity index (χ1v) is 7.12. The molecular formula is C13H13FN2O3S. The van der Waals surface area contributed by atoms with Crippen molar-refractivity contribution in [1.29, 1.82) is 0 Å². The second kappa shape index (κ2) is 5.38. The summed E-state index contributed by atoms with van der Waals surface area (Å²) in [6.45, 7) is 0. The predicted octanol–water partition coefficient (Wildman–Crippen LogP) is 2.22. The molecular weight excluding hydrogens is 283 g/mol. The molecule has 0 saturated heterocycles. The highest BCUT2D eigenvalue weighted by atomic mass is 32.2. The third kappa shape index (κ3) is 3.00. The molecule has 2 aromatic carbocycles. The molecule has 0 unspecified atom stereocenters. The largest absolute Gasteiger partial charge is 0.494 e. The molecule has 0 aliphatic rings. The van der Waals surface area contributed by atoms with Crippen LogP contribution in [-0.4, -0.2) is 15.5 Å². The van der Waals surface area contributed by atoms with E-state index in [1.54, 1.807) is 0 Å². The molecule has 2 rings (SSSR count). The maximum absolute atomic E-state index is 13.1. The molecule has 20 heavy (non-hydrogen) atoms. The fraction of sp³-hybridized carbons (Fsp3) is 0.0769. The number of halogens is 1. The minimum absolute atomic E-state index is 0.170. The van der Waals surface area contributed by atoms with E-state index in [9.17, 15) is 12.8 Å². The number of hydrogen-bond donors (Lipinski definition) is 2. The summed E-state index contributed by atoms with van der Waals surface area (Å²) in [4.78, 5) is -0.170. The fourth-order valence-corrected chi connectivity index (χ4v) is 2.73. The van der Waals surface area contributed by atoms with Gasteiger partial charge in [-0.3, -0.25) is 4.72 Å². The fourth-order valence-electron chi connectivity index (χ4n) is 1.63. The van der Waals surface area contributed by atoms with Crippen LogP contribution < -0.4 is 15.2 Å². The Kier molecular flexibility index (Phi) is 3.80. The first-order chi connectivity index (χ1) is 9.42. The summed E-state index contributed by atoms with van der Waals surface area (Å²) in [5.41, 5.74) is 6.26. The first-order valence-electron chi connectivity index (χ1n) is 5.64. The topological polar surface area (TPSA) is 81.4 Å². The molecule has 106 valence electrons. The lowest BCUT2D eigenvalue weighted by Crippen LogP contribution is -2.14. The molecule has 0 fully saturated rings. The van der Waals surface area contributed by atoms with Crippen LogP contribution in [0.5, 0.6) is 5.75 Å². The zero-order chi connectivity index (χ0) is 14.8. The molecule has 5 nitrogen and oxygen atoms in total. The van der Waals surface area contributed by atoms with Crippen LogP contribution in [0.3, 0.4) is 0 Å². The molecule has 0 bridgehead atoms. The van der Waals surface area contributed by atoms with E-state index in [4.69, 9.17) is 10.5 Å². The van der Waals surface area contributed by atoms with Gasteiger partial charge in [0.05, 0.1) is 17.7 Å². The van der Waals surface area contributed by atoms with Gasteiger partial charge in [-0.2, -0.15) is 0 Å². The standard InChI is InChI=1S/C13H13FN2O3S/c1-19-13-8-10(15)5-6-12(13)16-20(17,18)11-4-2-3-9(14)7-11/h2-8,16H,15H2,1H3. The molecule has 3 N–H and O–H groups in total. The van der Waals surface area contributed by atoms with Gasteiger partial charge >= 0.3 is 0 Å². The Labute approximate surface area is 116 Å². The smallest absolute Gasteiger partial charge is 0.262 e. The number of nitrogens with one attached hydrogen (secondary N) is 1. The monoisotopic (exact) mass is 296 g/mol. The van der Waals surface area contributed by atoms with Crippen molar-refractivity contribution in [2.45, 2.75) is 4.90 Å². The normalized spacial score (nSPS) is 11.1. The molecule has 0 radical (unpaired) electrons. The molecule has 0 heterocycles. The Morgan fingerprint density at radius 1 is 1.20 bits per heavy atom. The number of ether oxygens (including phenoxy) is 1. The van der Waals surface area contributed by atoms with Crippen molar-refractivity contribution in [2.24, 2.45) is 0 Å². The molecule has 2 aromatic rings. The molecule has 0 aliphatic heterocycles. The Balaban J connectivity index is 2.38. The van der Waals surface area contributed by atoms with Gasteiger partial charge in [-0.15, -0.1) is 0 Å². The molecule has 0 amide bonds. The maximum atomic E-state index is 13.1. The Bertz CT molecular complexity index is 732. The first kappa shape index (κ1) is 14.1. The summed E-state index contributed by atoms with van der Waals surface area (Å²) in [5, 5.41) is 0. The van der Waals surface area contributed by atoms with Crippen LogP contribution in [0.15, 0.2) is 47.4 Å². The van der Waals surface area contributed by atoms with Gasteiger partial charge in [0.25, 0.3) is 10.0 Å². The lowest BCUT2D eigenvalue weighted by Gasteiger charge is -2.12. The van der Waals surface area contributed by atoms with Gasteiger partial charge in [-0.1, -0.05) is 6.07 Å². The van der Waals surface area contributed by atoms with Gasteiger partial charge in [0.2, 0.25) is 0 Å². The van der Waals surface area contributed by atoms with Crippen LogP contribution in [0.2, 0.25) is 0 Å². The van der Waals surface area contributed by atoms with E-state index >= 15 is 0 Å². The molecule has 0 saturated carbocycles. The van der Waals surface area contributed by atoms with E-state index in [-0.39, 0.29) is 16.3 Å². The SMILES string of the molecule is COc1cc(N)ccc1NS(=O)(=O)c1cccc(F)c1. The summed E-state index contributed by atoms with van der Waals surface area (Å²) in [6.07, 6.45) is 0. The van der Waals surface area contributed by atoms with Crippen LogP contribution in [-0.2, 0) is 10.0 Å².